The van der Waals surface area contributed by atoms with Gasteiger partial charge in [-0.15, -0.1) is 0 Å². The first-order valence-corrected chi connectivity index (χ1v) is 4.69. The van der Waals surface area contributed by atoms with E-state index in [0.717, 1.165) is 5.56 Å². The third-order valence-electron chi connectivity index (χ3n) is 1.93. The zero-order chi connectivity index (χ0) is 12.0. The Morgan fingerprint density at radius 2 is 1.94 bits per heavy atom. The van der Waals surface area contributed by atoms with Gasteiger partial charge in [0.15, 0.2) is 0 Å². The Balaban J connectivity index is 2.96. The quantitative estimate of drug-likeness (QED) is 0.619. The second kappa shape index (κ2) is 5.70. The van der Waals surface area contributed by atoms with Gasteiger partial charge >= 0.3 is 11.9 Å². The number of carboxylic acid groups (broad SMARTS) is 1. The molecular weight excluding hydrogens is 208 g/mol. The van der Waals surface area contributed by atoms with E-state index in [-0.39, 0.29) is 12.0 Å². The van der Waals surface area contributed by atoms with E-state index in [2.05, 4.69) is 4.74 Å². The van der Waals surface area contributed by atoms with Crippen molar-refractivity contribution in [2.45, 2.75) is 6.42 Å². The molecule has 0 aromatic heterocycles. The molecule has 0 spiro atoms. The molecule has 1 aromatic carbocycles. The number of ether oxygens (including phenoxy) is 1. The smallest absolute Gasteiger partial charge is 0.334 e. The maximum atomic E-state index is 11.3. The molecule has 0 atom stereocenters. The van der Waals surface area contributed by atoms with Crippen LogP contribution in [0.5, 0.6) is 0 Å². The van der Waals surface area contributed by atoms with E-state index in [1.807, 2.05) is 18.2 Å². The predicted octanol–water partition coefficient (Wildman–Crippen LogP) is 1.72. The number of aliphatic carboxylic acids is 1. The molecule has 0 aliphatic carbocycles. The highest BCUT2D eigenvalue weighted by atomic mass is 16.5. The van der Waals surface area contributed by atoms with Gasteiger partial charge in [-0.25, -0.2) is 4.79 Å². The summed E-state index contributed by atoms with van der Waals surface area (Å²) in [5, 5.41) is 8.66. The number of benzene rings is 1. The standard InChI is InChI=1S/C12H12O4/c1-16-12(15)10(8-11(13)14)7-9-5-3-2-4-6-9/h2-7H,8H2,1H3,(H,13,14)/b10-7-. The lowest BCUT2D eigenvalue weighted by atomic mass is 10.1. The molecular formula is C12H12O4. The summed E-state index contributed by atoms with van der Waals surface area (Å²) < 4.78 is 4.51. The fourth-order valence-electron chi connectivity index (χ4n) is 1.23. The van der Waals surface area contributed by atoms with E-state index < -0.39 is 11.9 Å². The minimum atomic E-state index is -1.06. The molecule has 0 saturated carbocycles. The monoisotopic (exact) mass is 220 g/mol. The number of carbonyl (C=O) groups is 2. The number of esters is 1. The Hall–Kier alpha value is -2.10. The van der Waals surface area contributed by atoms with E-state index in [4.69, 9.17) is 5.11 Å². The zero-order valence-corrected chi connectivity index (χ0v) is 8.84. The molecule has 0 amide bonds. The third kappa shape index (κ3) is 3.57. The lowest BCUT2D eigenvalue weighted by Gasteiger charge is -2.02. The maximum Gasteiger partial charge on any atom is 0.334 e. The van der Waals surface area contributed by atoms with Gasteiger partial charge in [-0.05, 0) is 11.6 Å². The van der Waals surface area contributed by atoms with Gasteiger partial charge in [0.25, 0.3) is 0 Å². The van der Waals surface area contributed by atoms with Gasteiger partial charge < -0.3 is 9.84 Å². The SMILES string of the molecule is COC(=O)/C(=C\c1ccccc1)CC(=O)O. The normalized spacial score (nSPS) is 10.9. The van der Waals surface area contributed by atoms with Crippen LogP contribution >= 0.6 is 0 Å². The van der Waals surface area contributed by atoms with Crippen molar-refractivity contribution in [3.05, 3.63) is 41.5 Å². The minimum absolute atomic E-state index is 0.126. The van der Waals surface area contributed by atoms with Crippen molar-refractivity contribution in [1.82, 2.24) is 0 Å². The number of methoxy groups -OCH3 is 1. The molecule has 84 valence electrons. The Bertz CT molecular complexity index is 406. The van der Waals surface area contributed by atoms with E-state index in [9.17, 15) is 9.59 Å². The summed E-state index contributed by atoms with van der Waals surface area (Å²) in [5.74, 6) is -1.68. The molecule has 16 heavy (non-hydrogen) atoms. The molecule has 4 heteroatoms. The summed E-state index contributed by atoms with van der Waals surface area (Å²) in [5.41, 5.74) is 0.894. The second-order valence-electron chi connectivity index (χ2n) is 3.14. The van der Waals surface area contributed by atoms with Crippen molar-refractivity contribution in [1.29, 1.82) is 0 Å². The van der Waals surface area contributed by atoms with Crippen molar-refractivity contribution in [2.24, 2.45) is 0 Å². The molecule has 0 aliphatic heterocycles. The number of hydrogen-bond donors (Lipinski definition) is 1. The lowest BCUT2D eigenvalue weighted by Crippen LogP contribution is -2.09. The Kier molecular flexibility index (Phi) is 4.27. The topological polar surface area (TPSA) is 63.6 Å². The van der Waals surface area contributed by atoms with E-state index >= 15 is 0 Å². The first-order valence-electron chi connectivity index (χ1n) is 4.69. The van der Waals surface area contributed by atoms with Crippen LogP contribution < -0.4 is 0 Å². The van der Waals surface area contributed by atoms with Crippen LogP contribution in [-0.2, 0) is 14.3 Å². The first kappa shape index (κ1) is 12.0. The number of carboxylic acids is 1. The van der Waals surface area contributed by atoms with Crippen LogP contribution in [0.3, 0.4) is 0 Å². The zero-order valence-electron chi connectivity index (χ0n) is 8.84. The largest absolute Gasteiger partial charge is 0.481 e. The molecule has 0 heterocycles. The van der Waals surface area contributed by atoms with Crippen LogP contribution in [0, 0.1) is 0 Å². The molecule has 0 fully saturated rings. The minimum Gasteiger partial charge on any atom is -0.481 e. The van der Waals surface area contributed by atoms with Crippen molar-refractivity contribution in [2.75, 3.05) is 7.11 Å². The van der Waals surface area contributed by atoms with Gasteiger partial charge in [-0.3, -0.25) is 4.79 Å². The molecule has 4 nitrogen and oxygen atoms in total. The van der Waals surface area contributed by atoms with Crippen LogP contribution in [0.1, 0.15) is 12.0 Å². The highest BCUT2D eigenvalue weighted by molar-refractivity contribution is 5.97. The summed E-state index contributed by atoms with van der Waals surface area (Å²) in [4.78, 5) is 21.9. The Morgan fingerprint density at radius 3 is 2.44 bits per heavy atom. The van der Waals surface area contributed by atoms with Crippen LogP contribution in [0.4, 0.5) is 0 Å². The lowest BCUT2D eigenvalue weighted by molar-refractivity contribution is -0.141. The molecule has 0 radical (unpaired) electrons. The molecule has 0 aliphatic rings. The van der Waals surface area contributed by atoms with Gasteiger partial charge in [0, 0.05) is 5.57 Å². The van der Waals surface area contributed by atoms with Gasteiger partial charge in [-0.2, -0.15) is 0 Å². The van der Waals surface area contributed by atoms with Crippen molar-refractivity contribution in [3.63, 3.8) is 0 Å². The van der Waals surface area contributed by atoms with Gasteiger partial charge in [0.05, 0.1) is 13.5 Å². The van der Waals surface area contributed by atoms with E-state index in [1.165, 1.54) is 13.2 Å². The third-order valence-corrected chi connectivity index (χ3v) is 1.93. The molecule has 0 saturated heterocycles. The number of hydrogen-bond acceptors (Lipinski definition) is 3. The summed E-state index contributed by atoms with van der Waals surface area (Å²) in [7, 11) is 1.23. The molecule has 1 aromatic rings. The Morgan fingerprint density at radius 1 is 1.31 bits per heavy atom. The first-order chi connectivity index (χ1) is 7.63. The highest BCUT2D eigenvalue weighted by Crippen LogP contribution is 2.11. The summed E-state index contributed by atoms with van der Waals surface area (Å²) >= 11 is 0. The average Bonchev–Trinajstić information content (AvgIpc) is 2.28. The van der Waals surface area contributed by atoms with Crippen LogP contribution in [-0.4, -0.2) is 24.2 Å². The molecule has 0 unspecified atom stereocenters. The van der Waals surface area contributed by atoms with Gasteiger partial charge in [0.1, 0.15) is 0 Å². The van der Waals surface area contributed by atoms with Crippen LogP contribution in [0.25, 0.3) is 6.08 Å². The van der Waals surface area contributed by atoms with Crippen LogP contribution in [0.2, 0.25) is 0 Å². The van der Waals surface area contributed by atoms with Gasteiger partial charge in [0.2, 0.25) is 0 Å². The number of carbonyl (C=O) groups excluding carboxylic acids is 1. The van der Waals surface area contributed by atoms with Crippen molar-refractivity contribution in [3.8, 4) is 0 Å². The van der Waals surface area contributed by atoms with E-state index in [0.29, 0.717) is 0 Å². The summed E-state index contributed by atoms with van der Waals surface area (Å²) in [6, 6.07) is 9.02. The van der Waals surface area contributed by atoms with Crippen molar-refractivity contribution < 1.29 is 19.4 Å². The number of rotatable bonds is 4. The predicted molar refractivity (Wildman–Crippen MR) is 58.7 cm³/mol. The summed E-state index contributed by atoms with van der Waals surface area (Å²) in [6.07, 6.45) is 1.17. The molecule has 1 N–H and O–H groups in total. The Labute approximate surface area is 93.2 Å². The second-order valence-corrected chi connectivity index (χ2v) is 3.14. The highest BCUT2D eigenvalue weighted by Gasteiger charge is 2.13. The summed E-state index contributed by atoms with van der Waals surface area (Å²) in [6.45, 7) is 0. The average molecular weight is 220 g/mol. The van der Waals surface area contributed by atoms with E-state index in [1.54, 1.807) is 12.1 Å². The fraction of sp³-hybridized carbons (Fsp3) is 0.167. The molecule has 1 rings (SSSR count). The molecule has 0 bridgehead atoms. The fourth-order valence-corrected chi connectivity index (χ4v) is 1.23. The maximum absolute atomic E-state index is 11.3. The van der Waals surface area contributed by atoms with Crippen LogP contribution in [0.15, 0.2) is 35.9 Å². The van der Waals surface area contributed by atoms with Gasteiger partial charge in [-0.1, -0.05) is 30.3 Å². The van der Waals surface area contributed by atoms with Crippen molar-refractivity contribution >= 4 is 18.0 Å².